The van der Waals surface area contributed by atoms with Crippen LogP contribution in [0.1, 0.15) is 69.8 Å². The van der Waals surface area contributed by atoms with Crippen molar-refractivity contribution in [1.29, 1.82) is 0 Å². The number of carbonyl (C=O) groups excluding carboxylic acids is 2. The molecule has 43 heavy (non-hydrogen) atoms. The maximum atomic E-state index is 13.7. The minimum Gasteiger partial charge on any atom is -0.488 e. The summed E-state index contributed by atoms with van der Waals surface area (Å²) in [5.74, 6) is 0.0350. The SMILES string of the molecule is CC(C)(C)OC(=O)N1CCN(C(=O)/C=C/c2cc(Cl)ccc2OCc2ccc(F)cc2)C(c2ccc(C(C)(C)C)cc2)C1. The molecular formula is C35H40ClFN2O4. The molecule has 3 aromatic rings. The number of hydrogen-bond acceptors (Lipinski definition) is 4. The Morgan fingerprint density at radius 1 is 0.953 bits per heavy atom. The van der Waals surface area contributed by atoms with Gasteiger partial charge in [-0.05, 0) is 79.3 Å². The molecule has 1 unspecified atom stereocenters. The van der Waals surface area contributed by atoms with E-state index in [0.29, 0.717) is 36.0 Å². The lowest BCUT2D eigenvalue weighted by atomic mass is 9.86. The third-order valence-electron chi connectivity index (χ3n) is 7.16. The monoisotopic (exact) mass is 606 g/mol. The molecule has 6 nitrogen and oxygen atoms in total. The first kappa shape index (κ1) is 32.1. The zero-order valence-electron chi connectivity index (χ0n) is 25.7. The molecule has 2 amide bonds. The van der Waals surface area contributed by atoms with Crippen molar-refractivity contribution in [3.05, 3.63) is 106 Å². The van der Waals surface area contributed by atoms with Crippen LogP contribution in [0, 0.1) is 5.82 Å². The van der Waals surface area contributed by atoms with Crippen LogP contribution in [0.5, 0.6) is 5.75 Å². The highest BCUT2D eigenvalue weighted by Crippen LogP contribution is 2.31. The Kier molecular flexibility index (Phi) is 9.86. The molecule has 228 valence electrons. The smallest absolute Gasteiger partial charge is 0.410 e. The number of hydrogen-bond donors (Lipinski definition) is 0. The van der Waals surface area contributed by atoms with Crippen LogP contribution in [-0.4, -0.2) is 47.0 Å². The van der Waals surface area contributed by atoms with Gasteiger partial charge in [0.15, 0.2) is 0 Å². The van der Waals surface area contributed by atoms with Crippen molar-refractivity contribution in [3.63, 3.8) is 0 Å². The first-order valence-electron chi connectivity index (χ1n) is 14.4. The molecule has 0 spiro atoms. The molecule has 0 N–H and O–H groups in total. The van der Waals surface area contributed by atoms with E-state index in [1.165, 1.54) is 23.8 Å². The van der Waals surface area contributed by atoms with Gasteiger partial charge in [-0.2, -0.15) is 0 Å². The normalized spacial score (nSPS) is 16.0. The molecule has 1 heterocycles. The Balaban J connectivity index is 1.56. The Bertz CT molecular complexity index is 1460. The van der Waals surface area contributed by atoms with E-state index in [2.05, 4.69) is 32.9 Å². The summed E-state index contributed by atoms with van der Waals surface area (Å²) >= 11 is 6.28. The predicted molar refractivity (Wildman–Crippen MR) is 169 cm³/mol. The molecule has 0 aliphatic carbocycles. The minimum absolute atomic E-state index is 0.0146. The molecule has 1 aliphatic heterocycles. The molecular weight excluding hydrogens is 567 g/mol. The van der Waals surface area contributed by atoms with Gasteiger partial charge >= 0.3 is 6.09 Å². The quantitative estimate of drug-likeness (QED) is 0.265. The second-order valence-corrected chi connectivity index (χ2v) is 13.2. The van der Waals surface area contributed by atoms with Crippen molar-refractivity contribution < 1.29 is 23.5 Å². The van der Waals surface area contributed by atoms with E-state index in [9.17, 15) is 14.0 Å². The fraction of sp³-hybridized carbons (Fsp3) is 0.371. The van der Waals surface area contributed by atoms with Gasteiger partial charge in [0, 0.05) is 36.3 Å². The van der Waals surface area contributed by atoms with Gasteiger partial charge in [-0.1, -0.05) is 68.8 Å². The molecule has 0 bridgehead atoms. The number of carbonyl (C=O) groups is 2. The second kappa shape index (κ2) is 13.2. The van der Waals surface area contributed by atoms with E-state index in [1.54, 1.807) is 46.2 Å². The van der Waals surface area contributed by atoms with Gasteiger partial charge in [-0.15, -0.1) is 0 Å². The molecule has 1 aliphatic rings. The molecule has 1 fully saturated rings. The van der Waals surface area contributed by atoms with Crippen LogP contribution in [0.2, 0.25) is 5.02 Å². The lowest BCUT2D eigenvalue weighted by molar-refractivity contribution is -0.131. The lowest BCUT2D eigenvalue weighted by Crippen LogP contribution is -2.53. The molecule has 1 saturated heterocycles. The summed E-state index contributed by atoms with van der Waals surface area (Å²) in [5, 5.41) is 0.504. The summed E-state index contributed by atoms with van der Waals surface area (Å²) in [6.07, 6.45) is 2.80. The van der Waals surface area contributed by atoms with Crippen LogP contribution in [0.4, 0.5) is 9.18 Å². The molecule has 3 aromatic carbocycles. The number of benzene rings is 3. The third-order valence-corrected chi connectivity index (χ3v) is 7.40. The Hall–Kier alpha value is -3.84. The summed E-state index contributed by atoms with van der Waals surface area (Å²) in [4.78, 5) is 30.1. The van der Waals surface area contributed by atoms with Crippen molar-refractivity contribution in [3.8, 4) is 5.75 Å². The Morgan fingerprint density at radius 2 is 1.63 bits per heavy atom. The Morgan fingerprint density at radius 3 is 2.26 bits per heavy atom. The number of ether oxygens (including phenoxy) is 2. The number of halogens is 2. The van der Waals surface area contributed by atoms with Crippen molar-refractivity contribution in [2.75, 3.05) is 19.6 Å². The second-order valence-electron chi connectivity index (χ2n) is 12.8. The summed E-state index contributed by atoms with van der Waals surface area (Å²) in [5.41, 5.74) is 2.94. The zero-order valence-corrected chi connectivity index (χ0v) is 26.5. The highest BCUT2D eigenvalue weighted by molar-refractivity contribution is 6.30. The molecule has 8 heteroatoms. The van der Waals surface area contributed by atoms with Crippen molar-refractivity contribution >= 4 is 29.7 Å². The van der Waals surface area contributed by atoms with E-state index in [1.807, 2.05) is 32.9 Å². The van der Waals surface area contributed by atoms with Crippen LogP contribution in [0.3, 0.4) is 0 Å². The van der Waals surface area contributed by atoms with E-state index < -0.39 is 11.7 Å². The van der Waals surface area contributed by atoms with E-state index >= 15 is 0 Å². The van der Waals surface area contributed by atoms with Crippen LogP contribution in [0.25, 0.3) is 6.08 Å². The lowest BCUT2D eigenvalue weighted by Gasteiger charge is -2.41. The fourth-order valence-electron chi connectivity index (χ4n) is 4.81. The number of piperazine rings is 1. The first-order chi connectivity index (χ1) is 20.2. The van der Waals surface area contributed by atoms with Crippen LogP contribution < -0.4 is 4.74 Å². The summed E-state index contributed by atoms with van der Waals surface area (Å²) < 4.78 is 24.9. The van der Waals surface area contributed by atoms with Gasteiger partial charge < -0.3 is 19.3 Å². The van der Waals surface area contributed by atoms with E-state index in [-0.39, 0.29) is 29.8 Å². The van der Waals surface area contributed by atoms with Gasteiger partial charge in [-0.3, -0.25) is 4.79 Å². The zero-order chi connectivity index (χ0) is 31.4. The Labute approximate surface area is 259 Å². The highest BCUT2D eigenvalue weighted by atomic mass is 35.5. The molecule has 0 aromatic heterocycles. The van der Waals surface area contributed by atoms with Crippen LogP contribution in [0.15, 0.2) is 72.8 Å². The molecule has 0 radical (unpaired) electrons. The average molecular weight is 607 g/mol. The van der Waals surface area contributed by atoms with Crippen molar-refractivity contribution in [2.24, 2.45) is 0 Å². The van der Waals surface area contributed by atoms with E-state index in [4.69, 9.17) is 21.1 Å². The van der Waals surface area contributed by atoms with Gasteiger partial charge in [-0.25, -0.2) is 9.18 Å². The average Bonchev–Trinajstić information content (AvgIpc) is 2.94. The topological polar surface area (TPSA) is 59.1 Å². The fourth-order valence-corrected chi connectivity index (χ4v) is 4.99. The van der Waals surface area contributed by atoms with Gasteiger partial charge in [0.05, 0.1) is 6.04 Å². The summed E-state index contributed by atoms with van der Waals surface area (Å²) in [6, 6.07) is 19.2. The van der Waals surface area contributed by atoms with Crippen molar-refractivity contribution in [2.45, 2.75) is 65.2 Å². The first-order valence-corrected chi connectivity index (χ1v) is 14.8. The third kappa shape index (κ3) is 8.83. The maximum absolute atomic E-state index is 13.7. The number of rotatable bonds is 6. The highest BCUT2D eigenvalue weighted by Gasteiger charge is 2.34. The van der Waals surface area contributed by atoms with Gasteiger partial charge in [0.1, 0.15) is 23.8 Å². The van der Waals surface area contributed by atoms with Gasteiger partial charge in [0.2, 0.25) is 5.91 Å². The predicted octanol–water partition coefficient (Wildman–Crippen LogP) is 8.19. The van der Waals surface area contributed by atoms with Crippen LogP contribution >= 0.6 is 11.6 Å². The standard InChI is InChI=1S/C35H40ClFN2O4/c1-34(2,3)27-12-9-25(10-13-27)30-22-38(33(41)43-35(4,5)6)19-20-39(30)32(40)18-11-26-21-28(36)14-17-31(26)42-23-24-7-15-29(37)16-8-24/h7-18,21,30H,19-20,22-23H2,1-6H3/b18-11+. The maximum Gasteiger partial charge on any atom is 0.410 e. The molecule has 0 saturated carbocycles. The van der Waals surface area contributed by atoms with Gasteiger partial charge in [0.25, 0.3) is 0 Å². The number of nitrogens with zero attached hydrogens (tertiary/aromatic N) is 2. The number of amides is 2. The van der Waals surface area contributed by atoms with E-state index in [0.717, 1.165) is 11.1 Å². The molecule has 1 atom stereocenters. The summed E-state index contributed by atoms with van der Waals surface area (Å²) in [7, 11) is 0. The minimum atomic E-state index is -0.621. The summed E-state index contributed by atoms with van der Waals surface area (Å²) in [6.45, 7) is 13.2. The van der Waals surface area contributed by atoms with Crippen LogP contribution in [-0.2, 0) is 21.6 Å². The largest absolute Gasteiger partial charge is 0.488 e. The molecule has 4 rings (SSSR count). The van der Waals surface area contributed by atoms with Crippen molar-refractivity contribution in [1.82, 2.24) is 9.80 Å².